The first kappa shape index (κ1) is 13.6. The summed E-state index contributed by atoms with van der Waals surface area (Å²) in [7, 11) is 0. The Balaban J connectivity index is 1.82. The Morgan fingerprint density at radius 1 is 1.37 bits per heavy atom. The summed E-state index contributed by atoms with van der Waals surface area (Å²) in [6, 6.07) is 0. The number of imidazole rings is 1. The van der Waals surface area contributed by atoms with Crippen molar-refractivity contribution >= 4 is 11.9 Å². The Labute approximate surface area is 111 Å². The van der Waals surface area contributed by atoms with Crippen molar-refractivity contribution in [1.29, 1.82) is 0 Å². The molecule has 0 radical (unpaired) electrons. The highest BCUT2D eigenvalue weighted by atomic mass is 16.4. The molecule has 2 atom stereocenters. The number of aromatic amines is 1. The van der Waals surface area contributed by atoms with Crippen LogP contribution >= 0.6 is 0 Å². The molecule has 1 fully saturated rings. The van der Waals surface area contributed by atoms with Crippen molar-refractivity contribution < 1.29 is 14.7 Å². The number of carbonyl (C=O) groups excluding carboxylic acids is 1. The van der Waals surface area contributed by atoms with Gasteiger partial charge in [0.15, 0.2) is 0 Å². The largest absolute Gasteiger partial charge is 0.481 e. The third-order valence-corrected chi connectivity index (χ3v) is 3.64. The van der Waals surface area contributed by atoms with E-state index >= 15 is 0 Å². The van der Waals surface area contributed by atoms with Crippen LogP contribution in [0.1, 0.15) is 31.5 Å². The van der Waals surface area contributed by atoms with E-state index in [9.17, 15) is 9.59 Å². The van der Waals surface area contributed by atoms with Crippen LogP contribution in [0.2, 0.25) is 0 Å². The van der Waals surface area contributed by atoms with Crippen molar-refractivity contribution in [2.75, 3.05) is 6.54 Å². The highest BCUT2D eigenvalue weighted by Crippen LogP contribution is 2.30. The predicted molar refractivity (Wildman–Crippen MR) is 68.4 cm³/mol. The fourth-order valence-electron chi connectivity index (χ4n) is 2.61. The third-order valence-electron chi connectivity index (χ3n) is 3.64. The maximum absolute atomic E-state index is 12.0. The number of nitrogens with zero attached hydrogens (tertiary/aromatic N) is 1. The number of nitrogens with one attached hydrogen (secondary N) is 2. The second-order valence-electron chi connectivity index (χ2n) is 4.91. The van der Waals surface area contributed by atoms with Crippen LogP contribution in [-0.2, 0) is 16.0 Å². The van der Waals surface area contributed by atoms with Gasteiger partial charge in [-0.3, -0.25) is 9.59 Å². The number of H-pyrrole nitrogens is 1. The van der Waals surface area contributed by atoms with Crippen LogP contribution in [0.4, 0.5) is 0 Å². The summed E-state index contributed by atoms with van der Waals surface area (Å²) in [5, 5.41) is 12.0. The first-order chi connectivity index (χ1) is 9.18. The normalized spacial score (nSPS) is 22.9. The van der Waals surface area contributed by atoms with Gasteiger partial charge in [0.2, 0.25) is 5.91 Å². The molecule has 1 aliphatic carbocycles. The summed E-state index contributed by atoms with van der Waals surface area (Å²) in [6.45, 7) is 0.481. The van der Waals surface area contributed by atoms with E-state index in [0.717, 1.165) is 18.7 Å². The average Bonchev–Trinajstić information content (AvgIpc) is 2.91. The minimum Gasteiger partial charge on any atom is -0.481 e. The van der Waals surface area contributed by atoms with Gasteiger partial charge in [0.1, 0.15) is 5.82 Å². The van der Waals surface area contributed by atoms with Gasteiger partial charge in [-0.2, -0.15) is 0 Å². The Hall–Kier alpha value is -1.85. The van der Waals surface area contributed by atoms with Crippen molar-refractivity contribution in [3.05, 3.63) is 18.2 Å². The van der Waals surface area contributed by atoms with E-state index in [1.807, 2.05) is 0 Å². The number of hydrogen-bond acceptors (Lipinski definition) is 3. The highest BCUT2D eigenvalue weighted by Gasteiger charge is 2.35. The molecule has 0 saturated heterocycles. The minimum absolute atomic E-state index is 0.140. The molecule has 0 spiro atoms. The fraction of sp³-hybridized carbons (Fsp3) is 0.615. The van der Waals surface area contributed by atoms with Gasteiger partial charge in [-0.1, -0.05) is 12.8 Å². The van der Waals surface area contributed by atoms with E-state index in [2.05, 4.69) is 15.3 Å². The van der Waals surface area contributed by atoms with E-state index in [4.69, 9.17) is 5.11 Å². The molecule has 0 aliphatic heterocycles. The molecule has 1 aliphatic rings. The molecule has 2 rings (SSSR count). The molecule has 19 heavy (non-hydrogen) atoms. The van der Waals surface area contributed by atoms with Gasteiger partial charge in [-0.05, 0) is 12.8 Å². The molecule has 6 nitrogen and oxygen atoms in total. The molecule has 0 aromatic carbocycles. The van der Waals surface area contributed by atoms with Crippen LogP contribution in [0.25, 0.3) is 0 Å². The zero-order valence-electron chi connectivity index (χ0n) is 10.8. The third kappa shape index (κ3) is 3.56. The van der Waals surface area contributed by atoms with E-state index in [-0.39, 0.29) is 11.8 Å². The lowest BCUT2D eigenvalue weighted by Gasteiger charge is -2.27. The van der Waals surface area contributed by atoms with Gasteiger partial charge in [0.25, 0.3) is 0 Å². The predicted octanol–water partition coefficient (Wildman–Crippen LogP) is 0.959. The molecule has 1 aromatic heterocycles. The van der Waals surface area contributed by atoms with Crippen LogP contribution in [0.15, 0.2) is 12.4 Å². The van der Waals surface area contributed by atoms with Gasteiger partial charge in [0.05, 0.1) is 11.8 Å². The summed E-state index contributed by atoms with van der Waals surface area (Å²) < 4.78 is 0. The average molecular weight is 265 g/mol. The van der Waals surface area contributed by atoms with Crippen LogP contribution in [0.5, 0.6) is 0 Å². The number of hydrogen-bond donors (Lipinski definition) is 3. The topological polar surface area (TPSA) is 95.1 Å². The molecular weight excluding hydrogens is 246 g/mol. The number of rotatable bonds is 5. The molecule has 1 saturated carbocycles. The van der Waals surface area contributed by atoms with Crippen LogP contribution < -0.4 is 5.32 Å². The molecule has 0 unspecified atom stereocenters. The van der Waals surface area contributed by atoms with E-state index in [0.29, 0.717) is 25.8 Å². The van der Waals surface area contributed by atoms with Gasteiger partial charge >= 0.3 is 5.97 Å². The van der Waals surface area contributed by atoms with Crippen molar-refractivity contribution in [2.45, 2.75) is 32.1 Å². The second kappa shape index (κ2) is 6.36. The van der Waals surface area contributed by atoms with Gasteiger partial charge < -0.3 is 15.4 Å². The smallest absolute Gasteiger partial charge is 0.307 e. The Kier molecular flexibility index (Phi) is 4.54. The summed E-state index contributed by atoms with van der Waals surface area (Å²) in [5.74, 6) is -1.09. The first-order valence-corrected chi connectivity index (χ1v) is 6.67. The van der Waals surface area contributed by atoms with Crippen molar-refractivity contribution in [3.63, 3.8) is 0 Å². The van der Waals surface area contributed by atoms with E-state index < -0.39 is 11.9 Å². The molecule has 0 bridgehead atoms. The number of aromatic nitrogens is 2. The summed E-state index contributed by atoms with van der Waals surface area (Å²) in [5.41, 5.74) is 0. The minimum atomic E-state index is -0.856. The number of amides is 1. The molecule has 104 valence electrons. The number of carboxylic acid groups (broad SMARTS) is 1. The summed E-state index contributed by atoms with van der Waals surface area (Å²) in [4.78, 5) is 30.2. The number of carboxylic acids is 1. The zero-order valence-corrected chi connectivity index (χ0v) is 10.8. The molecule has 1 heterocycles. The fourth-order valence-corrected chi connectivity index (χ4v) is 2.61. The zero-order chi connectivity index (χ0) is 13.7. The monoisotopic (exact) mass is 265 g/mol. The summed E-state index contributed by atoms with van der Waals surface area (Å²) >= 11 is 0. The van der Waals surface area contributed by atoms with E-state index in [1.54, 1.807) is 12.4 Å². The lowest BCUT2D eigenvalue weighted by atomic mass is 9.79. The van der Waals surface area contributed by atoms with Crippen molar-refractivity contribution in [2.24, 2.45) is 11.8 Å². The van der Waals surface area contributed by atoms with Crippen molar-refractivity contribution in [1.82, 2.24) is 15.3 Å². The lowest BCUT2D eigenvalue weighted by Crippen LogP contribution is -2.40. The maximum atomic E-state index is 12.0. The van der Waals surface area contributed by atoms with Gasteiger partial charge in [-0.15, -0.1) is 0 Å². The molecule has 6 heteroatoms. The molecule has 1 aromatic rings. The standard InChI is InChI=1S/C13H19N3O3/c17-12(16-6-5-11-14-7-8-15-11)9-3-1-2-4-10(9)13(18)19/h7-10H,1-6H2,(H,14,15)(H,16,17)(H,18,19)/t9-,10+/m1/s1. The lowest BCUT2D eigenvalue weighted by molar-refractivity contribution is -0.148. The van der Waals surface area contributed by atoms with Crippen LogP contribution in [0, 0.1) is 11.8 Å². The molecule has 3 N–H and O–H groups in total. The molecule has 1 amide bonds. The van der Waals surface area contributed by atoms with Gasteiger partial charge in [0, 0.05) is 25.4 Å². The maximum Gasteiger partial charge on any atom is 0.307 e. The van der Waals surface area contributed by atoms with E-state index in [1.165, 1.54) is 0 Å². The van der Waals surface area contributed by atoms with Crippen LogP contribution in [-0.4, -0.2) is 33.5 Å². The number of aliphatic carboxylic acids is 1. The van der Waals surface area contributed by atoms with Crippen LogP contribution in [0.3, 0.4) is 0 Å². The highest BCUT2D eigenvalue weighted by molar-refractivity contribution is 5.84. The Morgan fingerprint density at radius 3 is 2.74 bits per heavy atom. The van der Waals surface area contributed by atoms with Gasteiger partial charge in [-0.25, -0.2) is 4.98 Å². The van der Waals surface area contributed by atoms with Crippen molar-refractivity contribution in [3.8, 4) is 0 Å². The Bertz CT molecular complexity index is 430. The number of carbonyl (C=O) groups is 2. The first-order valence-electron chi connectivity index (χ1n) is 6.67. The molecular formula is C13H19N3O3. The summed E-state index contributed by atoms with van der Waals surface area (Å²) in [6.07, 6.45) is 7.13. The Morgan fingerprint density at radius 2 is 2.11 bits per heavy atom. The second-order valence-corrected chi connectivity index (χ2v) is 4.91. The SMILES string of the molecule is O=C(O)[C@H]1CCCC[C@H]1C(=O)NCCc1ncc[nH]1. The quantitative estimate of drug-likeness (QED) is 0.739.